The molecule has 0 fully saturated rings. The van der Waals surface area contributed by atoms with Crippen molar-refractivity contribution in [2.24, 2.45) is 0 Å². The van der Waals surface area contributed by atoms with Crippen molar-refractivity contribution in [1.29, 1.82) is 0 Å². The van der Waals surface area contributed by atoms with Crippen LogP contribution in [-0.4, -0.2) is 19.4 Å². The molecule has 0 aliphatic carbocycles. The maximum Gasteiger partial charge on any atom is 0.150 e. The second-order valence-corrected chi connectivity index (χ2v) is 6.33. The van der Waals surface area contributed by atoms with E-state index in [1.807, 2.05) is 30.3 Å². The van der Waals surface area contributed by atoms with Gasteiger partial charge in [0.05, 0.1) is 7.11 Å². The van der Waals surface area contributed by atoms with Crippen molar-refractivity contribution in [2.75, 3.05) is 12.4 Å². The number of carbonyl (C=O) groups excluding carboxylic acids is 1. The van der Waals surface area contributed by atoms with E-state index in [0.29, 0.717) is 17.5 Å². The van der Waals surface area contributed by atoms with Crippen LogP contribution >= 0.6 is 0 Å². The highest BCUT2D eigenvalue weighted by Crippen LogP contribution is 2.35. The van der Waals surface area contributed by atoms with Gasteiger partial charge in [0, 0.05) is 22.9 Å². The van der Waals surface area contributed by atoms with Crippen molar-refractivity contribution >= 4 is 12.0 Å². The molecule has 0 aliphatic heterocycles. The van der Waals surface area contributed by atoms with E-state index in [-0.39, 0.29) is 0 Å². The summed E-state index contributed by atoms with van der Waals surface area (Å²) < 4.78 is 5.37. The molecule has 0 spiro atoms. The van der Waals surface area contributed by atoms with Crippen LogP contribution in [0.5, 0.6) is 5.75 Å². The van der Waals surface area contributed by atoms with Gasteiger partial charge in [-0.25, -0.2) is 0 Å². The van der Waals surface area contributed by atoms with Gasteiger partial charge in [-0.1, -0.05) is 32.0 Å². The van der Waals surface area contributed by atoms with Crippen molar-refractivity contribution in [3.63, 3.8) is 0 Å². The Hall–Kier alpha value is -2.29. The first kappa shape index (κ1) is 17.1. The number of hydrogen-bond acceptors (Lipinski definition) is 3. The molecular weight excluding hydrogens is 286 g/mol. The SMILES string of the molecule is COc1ccc(NC(C)C)c(-c2cc(C(C)C)ccc2C=O)c1. The first-order valence-electron chi connectivity index (χ1n) is 8.00. The molecule has 0 aliphatic rings. The van der Waals surface area contributed by atoms with E-state index in [2.05, 4.69) is 39.1 Å². The summed E-state index contributed by atoms with van der Waals surface area (Å²) in [6, 6.07) is 12.2. The van der Waals surface area contributed by atoms with Crippen LogP contribution in [0.15, 0.2) is 36.4 Å². The second-order valence-electron chi connectivity index (χ2n) is 6.33. The summed E-state index contributed by atoms with van der Waals surface area (Å²) in [5, 5.41) is 3.45. The summed E-state index contributed by atoms with van der Waals surface area (Å²) in [6.45, 7) is 8.50. The number of hydrogen-bond donors (Lipinski definition) is 1. The zero-order chi connectivity index (χ0) is 17.0. The number of carbonyl (C=O) groups is 1. The molecule has 0 bridgehead atoms. The van der Waals surface area contributed by atoms with Gasteiger partial charge in [0.2, 0.25) is 0 Å². The van der Waals surface area contributed by atoms with Gasteiger partial charge < -0.3 is 10.1 Å². The van der Waals surface area contributed by atoms with Gasteiger partial charge in [-0.05, 0) is 49.1 Å². The van der Waals surface area contributed by atoms with Gasteiger partial charge in [-0.15, -0.1) is 0 Å². The van der Waals surface area contributed by atoms with Crippen molar-refractivity contribution in [2.45, 2.75) is 39.7 Å². The molecular formula is C20H25NO2. The third-order valence-corrected chi connectivity index (χ3v) is 3.83. The average Bonchev–Trinajstić information content (AvgIpc) is 2.54. The topological polar surface area (TPSA) is 38.3 Å². The third kappa shape index (κ3) is 3.92. The monoisotopic (exact) mass is 311 g/mol. The number of ether oxygens (including phenoxy) is 1. The van der Waals surface area contributed by atoms with Gasteiger partial charge in [0.15, 0.2) is 6.29 Å². The highest BCUT2D eigenvalue weighted by molar-refractivity contribution is 5.92. The summed E-state index contributed by atoms with van der Waals surface area (Å²) in [5.41, 5.74) is 4.83. The standard InChI is InChI=1S/C20H25NO2/c1-13(2)15-6-7-16(12-22)18(10-15)19-11-17(23-5)8-9-20(19)21-14(3)4/h6-14,21H,1-5H3. The van der Waals surface area contributed by atoms with Crippen molar-refractivity contribution in [3.05, 3.63) is 47.5 Å². The fourth-order valence-electron chi connectivity index (χ4n) is 2.58. The van der Waals surface area contributed by atoms with Crippen LogP contribution in [0.3, 0.4) is 0 Å². The third-order valence-electron chi connectivity index (χ3n) is 3.83. The Balaban J connectivity index is 2.67. The predicted octanol–water partition coefficient (Wildman–Crippen LogP) is 5.12. The second kappa shape index (κ2) is 7.32. The van der Waals surface area contributed by atoms with Crippen LogP contribution in [0.2, 0.25) is 0 Å². The van der Waals surface area contributed by atoms with Crippen LogP contribution in [0.1, 0.15) is 49.5 Å². The van der Waals surface area contributed by atoms with Gasteiger partial charge in [-0.2, -0.15) is 0 Å². The van der Waals surface area contributed by atoms with Crippen molar-refractivity contribution in [3.8, 4) is 16.9 Å². The number of anilines is 1. The zero-order valence-electron chi connectivity index (χ0n) is 14.5. The van der Waals surface area contributed by atoms with Crippen molar-refractivity contribution in [1.82, 2.24) is 0 Å². The van der Waals surface area contributed by atoms with Crippen LogP contribution in [0.25, 0.3) is 11.1 Å². The minimum atomic E-state index is 0.301. The fraction of sp³-hybridized carbons (Fsp3) is 0.350. The number of rotatable bonds is 6. The Bertz CT molecular complexity index is 690. The molecule has 0 saturated carbocycles. The molecule has 0 aromatic heterocycles. The molecule has 0 atom stereocenters. The number of nitrogens with one attached hydrogen (secondary N) is 1. The van der Waals surface area contributed by atoms with E-state index >= 15 is 0 Å². The molecule has 2 rings (SSSR count). The summed E-state index contributed by atoms with van der Waals surface area (Å²) in [4.78, 5) is 11.5. The Labute approximate surface area is 138 Å². The van der Waals surface area contributed by atoms with Gasteiger partial charge >= 0.3 is 0 Å². The van der Waals surface area contributed by atoms with E-state index in [9.17, 15) is 4.79 Å². The lowest BCUT2D eigenvalue weighted by Crippen LogP contribution is -2.11. The van der Waals surface area contributed by atoms with Crippen LogP contribution in [-0.2, 0) is 0 Å². The minimum Gasteiger partial charge on any atom is -0.497 e. The molecule has 0 amide bonds. The summed E-state index contributed by atoms with van der Waals surface area (Å²) in [5.74, 6) is 1.18. The molecule has 3 nitrogen and oxygen atoms in total. The van der Waals surface area contributed by atoms with E-state index in [1.165, 1.54) is 5.56 Å². The molecule has 3 heteroatoms. The normalized spacial score (nSPS) is 10.9. The lowest BCUT2D eigenvalue weighted by Gasteiger charge is -2.18. The molecule has 2 aromatic rings. The van der Waals surface area contributed by atoms with Gasteiger partial charge in [0.1, 0.15) is 5.75 Å². The van der Waals surface area contributed by atoms with Crippen LogP contribution in [0, 0.1) is 0 Å². The molecule has 0 unspecified atom stereocenters. The largest absolute Gasteiger partial charge is 0.497 e. The quantitative estimate of drug-likeness (QED) is 0.753. The molecule has 23 heavy (non-hydrogen) atoms. The van der Waals surface area contributed by atoms with Crippen LogP contribution < -0.4 is 10.1 Å². The maximum atomic E-state index is 11.5. The summed E-state index contributed by atoms with van der Waals surface area (Å²) >= 11 is 0. The summed E-state index contributed by atoms with van der Waals surface area (Å²) in [7, 11) is 1.65. The van der Waals surface area contributed by atoms with Crippen LogP contribution in [0.4, 0.5) is 5.69 Å². The Kier molecular flexibility index (Phi) is 5.43. The number of methoxy groups -OCH3 is 1. The minimum absolute atomic E-state index is 0.301. The molecule has 2 aromatic carbocycles. The number of aldehydes is 1. The first-order valence-corrected chi connectivity index (χ1v) is 8.00. The van der Waals surface area contributed by atoms with Gasteiger partial charge in [0.25, 0.3) is 0 Å². The smallest absolute Gasteiger partial charge is 0.150 e. The molecule has 1 N–H and O–H groups in total. The van der Waals surface area contributed by atoms with E-state index in [4.69, 9.17) is 4.74 Å². The lowest BCUT2D eigenvalue weighted by atomic mass is 9.92. The van der Waals surface area contributed by atoms with Gasteiger partial charge in [-0.3, -0.25) is 4.79 Å². The van der Waals surface area contributed by atoms with E-state index in [0.717, 1.165) is 28.8 Å². The molecule has 0 radical (unpaired) electrons. The van der Waals surface area contributed by atoms with E-state index in [1.54, 1.807) is 7.11 Å². The van der Waals surface area contributed by atoms with E-state index < -0.39 is 0 Å². The van der Waals surface area contributed by atoms with Crippen molar-refractivity contribution < 1.29 is 9.53 Å². The Morgan fingerprint density at radius 2 is 1.74 bits per heavy atom. The predicted molar refractivity (Wildman–Crippen MR) is 96.7 cm³/mol. The molecule has 0 saturated heterocycles. The fourth-order valence-corrected chi connectivity index (χ4v) is 2.58. The lowest BCUT2D eigenvalue weighted by molar-refractivity contribution is 0.112. The molecule has 122 valence electrons. The summed E-state index contributed by atoms with van der Waals surface area (Å²) in [6.07, 6.45) is 0.915. The maximum absolute atomic E-state index is 11.5. The number of benzene rings is 2. The first-order chi connectivity index (χ1) is 11.0. The zero-order valence-corrected chi connectivity index (χ0v) is 14.5. The highest BCUT2D eigenvalue weighted by Gasteiger charge is 2.13. The average molecular weight is 311 g/mol. The molecule has 0 heterocycles. The Morgan fingerprint density at radius 3 is 2.30 bits per heavy atom. The highest BCUT2D eigenvalue weighted by atomic mass is 16.5. The Morgan fingerprint density at radius 1 is 1.00 bits per heavy atom.